The lowest BCUT2D eigenvalue weighted by molar-refractivity contribution is -0.129. The van der Waals surface area contributed by atoms with Crippen LogP contribution in [-0.2, 0) is 24.2 Å². The van der Waals surface area contributed by atoms with Crippen LogP contribution in [0.4, 0.5) is 4.39 Å². The number of esters is 1. The lowest BCUT2D eigenvalue weighted by atomic mass is 10.0. The highest BCUT2D eigenvalue weighted by atomic mass is 19.1. The number of benzene rings is 2. The normalized spacial score (nSPS) is 14.2. The fraction of sp³-hybridized carbons (Fsp3) is 0.318. The molecule has 27 heavy (non-hydrogen) atoms. The maximum absolute atomic E-state index is 14.0. The SMILES string of the molecule is C=CC(=O)Oc1c(CC)cccc1OCc1cc(F)cc2c1OC(C)(C)C2. The Labute approximate surface area is 158 Å². The van der Waals surface area contributed by atoms with E-state index in [1.165, 1.54) is 12.1 Å². The Balaban J connectivity index is 1.88. The topological polar surface area (TPSA) is 44.8 Å². The van der Waals surface area contributed by atoms with Crippen molar-refractivity contribution in [1.29, 1.82) is 0 Å². The smallest absolute Gasteiger partial charge is 0.335 e. The van der Waals surface area contributed by atoms with Crippen LogP contribution in [0.25, 0.3) is 0 Å². The molecule has 0 aliphatic carbocycles. The van der Waals surface area contributed by atoms with Crippen molar-refractivity contribution in [2.45, 2.75) is 45.8 Å². The summed E-state index contributed by atoms with van der Waals surface area (Å²) >= 11 is 0. The number of ether oxygens (including phenoxy) is 3. The van der Waals surface area contributed by atoms with Crippen molar-refractivity contribution < 1.29 is 23.4 Å². The van der Waals surface area contributed by atoms with Gasteiger partial charge in [0.15, 0.2) is 11.5 Å². The van der Waals surface area contributed by atoms with E-state index in [-0.39, 0.29) is 18.0 Å². The molecule has 5 heteroatoms. The van der Waals surface area contributed by atoms with Crippen molar-refractivity contribution in [1.82, 2.24) is 0 Å². The summed E-state index contributed by atoms with van der Waals surface area (Å²) in [6, 6.07) is 8.33. The van der Waals surface area contributed by atoms with Crippen LogP contribution in [0.15, 0.2) is 43.0 Å². The second-order valence-corrected chi connectivity index (χ2v) is 7.10. The fourth-order valence-electron chi connectivity index (χ4n) is 3.22. The summed E-state index contributed by atoms with van der Waals surface area (Å²) in [4.78, 5) is 11.7. The van der Waals surface area contributed by atoms with E-state index in [9.17, 15) is 9.18 Å². The Kier molecular flexibility index (Phi) is 5.22. The van der Waals surface area contributed by atoms with Crippen molar-refractivity contribution >= 4 is 5.97 Å². The Bertz CT molecular complexity index is 886. The van der Waals surface area contributed by atoms with Crippen molar-refractivity contribution in [3.8, 4) is 17.2 Å². The molecule has 0 spiro atoms. The Morgan fingerprint density at radius 3 is 2.81 bits per heavy atom. The van der Waals surface area contributed by atoms with Gasteiger partial charge in [-0.25, -0.2) is 9.18 Å². The number of carbonyl (C=O) groups is 1. The molecule has 0 aromatic heterocycles. The third-order valence-electron chi connectivity index (χ3n) is 4.40. The standard InChI is InChI=1S/C22H23FO4/c1-5-14-8-7-9-18(21(14)26-19(24)6-2)25-13-16-11-17(23)10-15-12-22(3,4)27-20(15)16/h6-11H,2,5,12-13H2,1,3-4H3. The molecule has 0 fully saturated rings. The first-order valence-electron chi connectivity index (χ1n) is 8.92. The second-order valence-electron chi connectivity index (χ2n) is 7.10. The van der Waals surface area contributed by atoms with Gasteiger partial charge in [0.2, 0.25) is 0 Å². The van der Waals surface area contributed by atoms with Crippen molar-refractivity contribution in [2.24, 2.45) is 0 Å². The maximum atomic E-state index is 14.0. The lowest BCUT2D eigenvalue weighted by Gasteiger charge is -2.19. The van der Waals surface area contributed by atoms with Gasteiger partial charge >= 0.3 is 5.97 Å². The van der Waals surface area contributed by atoms with Crippen LogP contribution in [-0.4, -0.2) is 11.6 Å². The Morgan fingerprint density at radius 1 is 1.33 bits per heavy atom. The van der Waals surface area contributed by atoms with E-state index in [1.807, 2.05) is 32.9 Å². The van der Waals surface area contributed by atoms with Gasteiger partial charge in [0.1, 0.15) is 23.8 Å². The highest BCUT2D eigenvalue weighted by molar-refractivity contribution is 5.84. The van der Waals surface area contributed by atoms with Crippen molar-refractivity contribution in [2.75, 3.05) is 0 Å². The number of fused-ring (bicyclic) bond motifs is 1. The average Bonchev–Trinajstić information content (AvgIpc) is 2.94. The number of rotatable bonds is 6. The van der Waals surface area contributed by atoms with Crippen molar-refractivity contribution in [3.63, 3.8) is 0 Å². The molecule has 0 bridgehead atoms. The molecular formula is C22H23FO4. The van der Waals surface area contributed by atoms with Crippen LogP contribution in [0.1, 0.15) is 37.5 Å². The molecule has 2 aromatic rings. The highest BCUT2D eigenvalue weighted by Gasteiger charge is 2.32. The first kappa shape index (κ1) is 19.0. The van der Waals surface area contributed by atoms with Crippen LogP contribution >= 0.6 is 0 Å². The van der Waals surface area contributed by atoms with Gasteiger partial charge in [-0.1, -0.05) is 25.6 Å². The van der Waals surface area contributed by atoms with Gasteiger partial charge in [0.25, 0.3) is 0 Å². The van der Waals surface area contributed by atoms with Crippen LogP contribution in [0.3, 0.4) is 0 Å². The molecule has 142 valence electrons. The largest absolute Gasteiger partial charge is 0.487 e. The van der Waals surface area contributed by atoms with E-state index in [1.54, 1.807) is 6.07 Å². The van der Waals surface area contributed by atoms with Crippen molar-refractivity contribution in [3.05, 3.63) is 65.5 Å². The molecule has 0 N–H and O–H groups in total. The molecule has 2 aromatic carbocycles. The van der Waals surface area contributed by atoms with Gasteiger partial charge in [0.05, 0.1) is 0 Å². The molecule has 0 unspecified atom stereocenters. The molecule has 3 rings (SSSR count). The first-order chi connectivity index (χ1) is 12.8. The Morgan fingerprint density at radius 2 is 2.11 bits per heavy atom. The zero-order valence-electron chi connectivity index (χ0n) is 15.8. The van der Waals surface area contributed by atoms with Gasteiger partial charge in [-0.05, 0) is 44.0 Å². The lowest BCUT2D eigenvalue weighted by Crippen LogP contribution is -2.25. The molecule has 1 heterocycles. The Hall–Kier alpha value is -2.82. The number of hydrogen-bond donors (Lipinski definition) is 0. The van der Waals surface area contributed by atoms with Crippen LogP contribution in [0, 0.1) is 5.82 Å². The van der Waals surface area contributed by atoms with Gasteiger partial charge in [-0.3, -0.25) is 0 Å². The monoisotopic (exact) mass is 370 g/mol. The molecule has 0 atom stereocenters. The molecule has 1 aliphatic rings. The fourth-order valence-corrected chi connectivity index (χ4v) is 3.22. The molecular weight excluding hydrogens is 347 g/mol. The summed E-state index contributed by atoms with van der Waals surface area (Å²) in [6.07, 6.45) is 2.41. The van der Waals surface area contributed by atoms with E-state index in [2.05, 4.69) is 6.58 Å². The number of aryl methyl sites for hydroxylation is 1. The predicted octanol–water partition coefficient (Wildman–Crippen LogP) is 4.77. The van der Waals surface area contributed by atoms with Crippen LogP contribution in [0.2, 0.25) is 0 Å². The highest BCUT2D eigenvalue weighted by Crippen LogP contribution is 2.39. The molecule has 4 nitrogen and oxygen atoms in total. The summed E-state index contributed by atoms with van der Waals surface area (Å²) in [5.41, 5.74) is 1.92. The quantitative estimate of drug-likeness (QED) is 0.417. The number of carbonyl (C=O) groups excluding carboxylic acids is 1. The molecule has 0 saturated carbocycles. The zero-order chi connectivity index (χ0) is 19.6. The minimum atomic E-state index is -0.558. The van der Waals surface area contributed by atoms with E-state index in [4.69, 9.17) is 14.2 Å². The third-order valence-corrected chi connectivity index (χ3v) is 4.40. The van der Waals surface area contributed by atoms with E-state index < -0.39 is 5.97 Å². The second kappa shape index (κ2) is 7.43. The zero-order valence-corrected chi connectivity index (χ0v) is 15.8. The number of hydrogen-bond acceptors (Lipinski definition) is 4. The summed E-state index contributed by atoms with van der Waals surface area (Å²) in [7, 11) is 0. The van der Waals surface area contributed by atoms with Gasteiger partial charge in [-0.15, -0.1) is 0 Å². The van der Waals surface area contributed by atoms with Gasteiger partial charge in [-0.2, -0.15) is 0 Å². The summed E-state index contributed by atoms with van der Waals surface area (Å²) in [5.74, 6) is 0.559. The molecule has 0 radical (unpaired) electrons. The third kappa shape index (κ3) is 4.13. The van der Waals surface area contributed by atoms with Gasteiger partial charge < -0.3 is 14.2 Å². The predicted molar refractivity (Wildman–Crippen MR) is 101 cm³/mol. The minimum Gasteiger partial charge on any atom is -0.487 e. The summed E-state index contributed by atoms with van der Waals surface area (Å²) in [6.45, 7) is 9.41. The van der Waals surface area contributed by atoms with E-state index in [0.29, 0.717) is 35.7 Å². The van der Waals surface area contributed by atoms with E-state index >= 15 is 0 Å². The maximum Gasteiger partial charge on any atom is 0.335 e. The average molecular weight is 370 g/mol. The van der Waals surface area contributed by atoms with Crippen LogP contribution < -0.4 is 14.2 Å². The first-order valence-corrected chi connectivity index (χ1v) is 8.92. The van der Waals surface area contributed by atoms with Crippen LogP contribution in [0.5, 0.6) is 17.2 Å². The summed E-state index contributed by atoms with van der Waals surface area (Å²) in [5, 5.41) is 0. The number of halogens is 1. The number of para-hydroxylation sites is 1. The molecule has 0 saturated heterocycles. The molecule has 0 amide bonds. The summed E-state index contributed by atoms with van der Waals surface area (Å²) < 4.78 is 31.3. The van der Waals surface area contributed by atoms with Gasteiger partial charge in [0, 0.05) is 23.6 Å². The molecule has 1 aliphatic heterocycles. The van der Waals surface area contributed by atoms with E-state index in [0.717, 1.165) is 17.2 Å². The minimum absolute atomic E-state index is 0.0992.